The molecule has 0 spiro atoms. The standard InChI is InChI=1S/C18H26N4O3/c1-4-5-6-7-10-22-13-11-12(15(23)21-17(19)20)8-9-14(13)25-18(2,3)16(22)24/h8-9,11H,4-7,10H2,1-3H3,(H4,19,20,21,23). The number of carbonyl (C=O) groups excluding carboxylic acids is 2. The van der Waals surface area contributed by atoms with E-state index in [-0.39, 0.29) is 11.9 Å². The topological polar surface area (TPSA) is 111 Å². The first-order chi connectivity index (χ1) is 11.8. The zero-order chi connectivity index (χ0) is 18.6. The number of nitrogens with zero attached hydrogens (tertiary/aromatic N) is 2. The van der Waals surface area contributed by atoms with Crippen molar-refractivity contribution in [2.45, 2.75) is 52.1 Å². The molecule has 2 rings (SSSR count). The van der Waals surface area contributed by atoms with Crippen molar-refractivity contribution >= 4 is 23.5 Å². The first kappa shape index (κ1) is 18.8. The zero-order valence-electron chi connectivity index (χ0n) is 15.0. The lowest BCUT2D eigenvalue weighted by Crippen LogP contribution is -2.52. The van der Waals surface area contributed by atoms with Gasteiger partial charge in [-0.05, 0) is 38.5 Å². The van der Waals surface area contributed by atoms with Gasteiger partial charge in [-0.1, -0.05) is 26.2 Å². The van der Waals surface area contributed by atoms with Gasteiger partial charge in [-0.15, -0.1) is 0 Å². The molecule has 0 aliphatic carbocycles. The third-order valence-corrected chi connectivity index (χ3v) is 4.09. The van der Waals surface area contributed by atoms with Crippen molar-refractivity contribution in [1.29, 1.82) is 0 Å². The van der Waals surface area contributed by atoms with Gasteiger partial charge in [-0.25, -0.2) is 0 Å². The Bertz CT molecular complexity index is 694. The highest BCUT2D eigenvalue weighted by Crippen LogP contribution is 2.38. The monoisotopic (exact) mass is 346 g/mol. The Balaban J connectivity index is 2.35. The molecule has 7 nitrogen and oxygen atoms in total. The van der Waals surface area contributed by atoms with E-state index in [1.54, 1.807) is 36.9 Å². The van der Waals surface area contributed by atoms with Crippen LogP contribution in [0.15, 0.2) is 23.2 Å². The van der Waals surface area contributed by atoms with Gasteiger partial charge in [0.2, 0.25) is 0 Å². The zero-order valence-corrected chi connectivity index (χ0v) is 15.0. The normalized spacial score (nSPS) is 15.3. The van der Waals surface area contributed by atoms with Gasteiger partial charge in [0.05, 0.1) is 5.69 Å². The van der Waals surface area contributed by atoms with Crippen LogP contribution in [0.4, 0.5) is 5.69 Å². The number of unbranched alkanes of at least 4 members (excludes halogenated alkanes) is 3. The number of carbonyl (C=O) groups is 2. The SMILES string of the molecule is CCCCCCN1C(=O)C(C)(C)Oc2ccc(C(=O)N=C(N)N)cc21. The van der Waals surface area contributed by atoms with Gasteiger partial charge < -0.3 is 21.1 Å². The molecule has 0 aromatic heterocycles. The minimum atomic E-state index is -0.941. The molecule has 1 aromatic carbocycles. The highest BCUT2D eigenvalue weighted by Gasteiger charge is 2.40. The van der Waals surface area contributed by atoms with Crippen molar-refractivity contribution in [3.05, 3.63) is 23.8 Å². The summed E-state index contributed by atoms with van der Waals surface area (Å²) in [4.78, 5) is 30.1. The highest BCUT2D eigenvalue weighted by atomic mass is 16.5. The summed E-state index contributed by atoms with van der Waals surface area (Å²) in [5.41, 5.74) is 10.5. The maximum absolute atomic E-state index is 12.8. The van der Waals surface area contributed by atoms with E-state index in [1.165, 1.54) is 0 Å². The second-order valence-electron chi connectivity index (χ2n) is 6.65. The number of aliphatic imine (C=N–C) groups is 1. The fourth-order valence-electron chi connectivity index (χ4n) is 2.80. The van der Waals surface area contributed by atoms with E-state index in [9.17, 15) is 9.59 Å². The molecule has 0 atom stereocenters. The number of anilines is 1. The number of hydrogen-bond acceptors (Lipinski definition) is 3. The lowest BCUT2D eigenvalue weighted by atomic mass is 10.0. The van der Waals surface area contributed by atoms with Crippen LogP contribution in [0.2, 0.25) is 0 Å². The molecule has 7 heteroatoms. The van der Waals surface area contributed by atoms with E-state index in [0.29, 0.717) is 23.5 Å². The van der Waals surface area contributed by atoms with Gasteiger partial charge in [-0.2, -0.15) is 4.99 Å². The van der Waals surface area contributed by atoms with Crippen molar-refractivity contribution in [2.75, 3.05) is 11.4 Å². The largest absolute Gasteiger partial charge is 0.476 e. The van der Waals surface area contributed by atoms with Crippen LogP contribution in [-0.4, -0.2) is 29.9 Å². The third kappa shape index (κ3) is 4.29. The van der Waals surface area contributed by atoms with E-state index in [0.717, 1.165) is 25.7 Å². The summed E-state index contributed by atoms with van der Waals surface area (Å²) in [7, 11) is 0. The molecule has 4 N–H and O–H groups in total. The molecule has 0 fully saturated rings. The van der Waals surface area contributed by atoms with Crippen molar-refractivity contribution in [3.8, 4) is 5.75 Å². The second kappa shape index (κ2) is 7.55. The molecule has 0 radical (unpaired) electrons. The van der Waals surface area contributed by atoms with E-state index >= 15 is 0 Å². The van der Waals surface area contributed by atoms with Crippen LogP contribution in [0, 0.1) is 0 Å². The number of ether oxygens (including phenoxy) is 1. The van der Waals surface area contributed by atoms with Gasteiger partial charge in [0.15, 0.2) is 11.6 Å². The predicted octanol–water partition coefficient (Wildman–Crippen LogP) is 2.18. The van der Waals surface area contributed by atoms with Crippen LogP contribution in [0.3, 0.4) is 0 Å². The third-order valence-electron chi connectivity index (χ3n) is 4.09. The Morgan fingerprint density at radius 2 is 1.96 bits per heavy atom. The van der Waals surface area contributed by atoms with E-state index in [2.05, 4.69) is 11.9 Å². The van der Waals surface area contributed by atoms with Gasteiger partial charge in [0, 0.05) is 12.1 Å². The van der Waals surface area contributed by atoms with Crippen molar-refractivity contribution < 1.29 is 14.3 Å². The van der Waals surface area contributed by atoms with Crippen LogP contribution < -0.4 is 21.1 Å². The smallest absolute Gasteiger partial charge is 0.280 e. The summed E-state index contributed by atoms with van der Waals surface area (Å²) >= 11 is 0. The van der Waals surface area contributed by atoms with Crippen LogP contribution >= 0.6 is 0 Å². The molecule has 0 saturated carbocycles. The number of guanidine groups is 1. The molecule has 1 heterocycles. The highest BCUT2D eigenvalue weighted by molar-refractivity contribution is 6.06. The number of fused-ring (bicyclic) bond motifs is 1. The van der Waals surface area contributed by atoms with E-state index in [4.69, 9.17) is 16.2 Å². The Hall–Kier alpha value is -2.57. The van der Waals surface area contributed by atoms with Gasteiger partial charge in [0.25, 0.3) is 11.8 Å². The molecule has 2 amide bonds. The molecular weight excluding hydrogens is 320 g/mol. The number of rotatable bonds is 6. The van der Waals surface area contributed by atoms with Crippen molar-refractivity contribution in [1.82, 2.24) is 0 Å². The Morgan fingerprint density at radius 3 is 2.60 bits per heavy atom. The lowest BCUT2D eigenvalue weighted by Gasteiger charge is -2.39. The average Bonchev–Trinajstić information content (AvgIpc) is 2.53. The molecule has 1 aliphatic rings. The Morgan fingerprint density at radius 1 is 1.24 bits per heavy atom. The van der Waals surface area contributed by atoms with Gasteiger partial charge in [0.1, 0.15) is 5.75 Å². The number of hydrogen-bond donors (Lipinski definition) is 2. The minimum Gasteiger partial charge on any atom is -0.476 e. The number of amides is 2. The van der Waals surface area contributed by atoms with E-state index in [1.807, 2.05) is 0 Å². The van der Waals surface area contributed by atoms with Crippen LogP contribution in [-0.2, 0) is 4.79 Å². The molecule has 25 heavy (non-hydrogen) atoms. The predicted molar refractivity (Wildman–Crippen MR) is 97.8 cm³/mol. The van der Waals surface area contributed by atoms with Crippen LogP contribution in [0.1, 0.15) is 56.8 Å². The fraction of sp³-hybridized carbons (Fsp3) is 0.500. The molecule has 0 saturated heterocycles. The average molecular weight is 346 g/mol. The molecule has 136 valence electrons. The van der Waals surface area contributed by atoms with Crippen LogP contribution in [0.5, 0.6) is 5.75 Å². The number of benzene rings is 1. The number of nitrogens with two attached hydrogens (primary N) is 2. The summed E-state index contributed by atoms with van der Waals surface area (Å²) in [6.45, 7) is 6.21. The molecule has 1 aliphatic heterocycles. The Labute approximate surface area is 148 Å². The Kier molecular flexibility index (Phi) is 5.66. The molecule has 0 bridgehead atoms. The summed E-state index contributed by atoms with van der Waals surface area (Å²) in [6.07, 6.45) is 4.18. The summed E-state index contributed by atoms with van der Waals surface area (Å²) in [5, 5.41) is 0. The van der Waals surface area contributed by atoms with E-state index < -0.39 is 11.5 Å². The van der Waals surface area contributed by atoms with Gasteiger partial charge in [-0.3, -0.25) is 9.59 Å². The summed E-state index contributed by atoms with van der Waals surface area (Å²) in [6, 6.07) is 4.88. The van der Waals surface area contributed by atoms with Gasteiger partial charge >= 0.3 is 0 Å². The van der Waals surface area contributed by atoms with Crippen molar-refractivity contribution in [2.24, 2.45) is 16.5 Å². The van der Waals surface area contributed by atoms with Crippen LogP contribution in [0.25, 0.3) is 0 Å². The summed E-state index contributed by atoms with van der Waals surface area (Å²) in [5.74, 6) is -0.400. The molecular formula is C18H26N4O3. The lowest BCUT2D eigenvalue weighted by molar-refractivity contribution is -0.132. The minimum absolute atomic E-state index is 0.122. The first-order valence-electron chi connectivity index (χ1n) is 8.55. The molecule has 1 aromatic rings. The molecule has 0 unspecified atom stereocenters. The second-order valence-corrected chi connectivity index (χ2v) is 6.65. The maximum atomic E-state index is 12.8. The summed E-state index contributed by atoms with van der Waals surface area (Å²) < 4.78 is 5.82. The first-order valence-corrected chi connectivity index (χ1v) is 8.55. The fourth-order valence-corrected chi connectivity index (χ4v) is 2.80. The van der Waals surface area contributed by atoms with Crippen molar-refractivity contribution in [3.63, 3.8) is 0 Å². The maximum Gasteiger partial charge on any atom is 0.280 e. The quantitative estimate of drug-likeness (QED) is 0.466.